The van der Waals surface area contributed by atoms with Crippen LogP contribution in [0.15, 0.2) is 134 Å². The highest BCUT2D eigenvalue weighted by molar-refractivity contribution is 5.70. The Morgan fingerprint density at radius 2 is 0.588 bits per heavy atom. The van der Waals surface area contributed by atoms with Crippen LogP contribution in [0.5, 0.6) is 0 Å². The summed E-state index contributed by atoms with van der Waals surface area (Å²) in [6, 6.07) is 0. The molecule has 556 valence electrons. The third kappa shape index (κ3) is 78.6. The maximum absolute atomic E-state index is 13.0. The van der Waals surface area contributed by atoms with E-state index in [4.69, 9.17) is 18.9 Å². The Bertz CT molecular complexity index is 2060. The first-order valence-electron chi connectivity index (χ1n) is 40.3. The van der Waals surface area contributed by atoms with Crippen molar-refractivity contribution in [2.45, 2.75) is 360 Å². The summed E-state index contributed by atoms with van der Waals surface area (Å²) in [6.07, 6.45) is 109. The highest BCUT2D eigenvalue weighted by Crippen LogP contribution is 2.19. The molecule has 0 saturated heterocycles. The van der Waals surface area contributed by atoms with Gasteiger partial charge in [0.25, 0.3) is 0 Å². The van der Waals surface area contributed by atoms with Crippen molar-refractivity contribution in [1.82, 2.24) is 0 Å². The van der Waals surface area contributed by atoms with Crippen LogP contribution in [0.2, 0.25) is 0 Å². The Morgan fingerprint density at radius 3 is 0.876 bits per heavy atom. The number of aliphatic carboxylic acids is 1. The van der Waals surface area contributed by atoms with E-state index >= 15 is 0 Å². The Labute approximate surface area is 599 Å². The minimum Gasteiger partial charge on any atom is -0.545 e. The van der Waals surface area contributed by atoms with E-state index in [9.17, 15) is 19.5 Å². The van der Waals surface area contributed by atoms with Gasteiger partial charge in [-0.2, -0.15) is 0 Å². The van der Waals surface area contributed by atoms with Crippen LogP contribution in [0, 0.1) is 0 Å². The Balaban J connectivity index is 4.10. The molecular formula is C88H151NO8. The van der Waals surface area contributed by atoms with E-state index in [1.807, 2.05) is 21.1 Å². The number of unbranched alkanes of at least 4 members (excludes halogenated alkanes) is 37. The number of hydrogen-bond acceptors (Lipinski definition) is 8. The zero-order chi connectivity index (χ0) is 70.4. The lowest BCUT2D eigenvalue weighted by Crippen LogP contribution is -2.44. The summed E-state index contributed by atoms with van der Waals surface area (Å²) in [7, 11) is 5.93. The van der Waals surface area contributed by atoms with Gasteiger partial charge < -0.3 is 33.3 Å². The maximum Gasteiger partial charge on any atom is 0.306 e. The average molecular weight is 1350 g/mol. The molecule has 0 radical (unpaired) electrons. The standard InChI is InChI=1S/C88H151NO8/c1-6-8-10-12-14-16-18-20-22-24-26-28-30-32-34-36-38-39-40-41-42-43-44-45-46-47-49-51-53-55-57-59-61-63-65-67-69-71-73-75-77-79-86(91)97-84(83-96-88(87(92)93)94-81-80-89(3,4)5)82-95-85(90)78-76-74-72-70-68-66-64-62-60-58-56-54-52-50-48-37-35-33-31-29-27-25-23-21-19-17-15-13-11-9-7-2/h8,10,14,16,20,22,26,28,32,34,38-39,41-42,44-45,47,49,53,55,59,61,84,88H,6-7,9,11-13,15,17-19,21,23-25,27,29-31,33,35-37,40,43,46,48,50-52,54,56-58,60,62-83H2,1-5H3/b10-8-,16-14-,22-20-,28-26-,34-32-,39-38-,42-41-,45-44-,49-47-,55-53-,61-59-. The summed E-state index contributed by atoms with van der Waals surface area (Å²) >= 11 is 0. The molecule has 9 heteroatoms. The van der Waals surface area contributed by atoms with Crippen LogP contribution >= 0.6 is 0 Å². The minimum absolute atomic E-state index is 0.141. The molecular weight excluding hydrogens is 1200 g/mol. The lowest BCUT2D eigenvalue weighted by molar-refractivity contribution is -0.870. The van der Waals surface area contributed by atoms with E-state index in [1.54, 1.807) is 0 Å². The van der Waals surface area contributed by atoms with Crippen LogP contribution in [0.3, 0.4) is 0 Å². The van der Waals surface area contributed by atoms with Gasteiger partial charge in [0.2, 0.25) is 0 Å². The number of quaternary nitrogens is 1. The normalized spacial score (nSPS) is 13.4. The Hall–Kier alpha value is -4.57. The third-order valence-electron chi connectivity index (χ3n) is 17.4. The minimum atomic E-state index is -1.63. The van der Waals surface area contributed by atoms with Gasteiger partial charge in [0.15, 0.2) is 12.4 Å². The van der Waals surface area contributed by atoms with Crippen molar-refractivity contribution < 1.29 is 42.9 Å². The number of carboxylic acids is 1. The second kappa shape index (κ2) is 77.2. The van der Waals surface area contributed by atoms with Gasteiger partial charge in [0.1, 0.15) is 13.2 Å². The average Bonchev–Trinajstić information content (AvgIpc) is 3.27. The number of carbonyl (C=O) groups is 3. The van der Waals surface area contributed by atoms with Gasteiger partial charge in [-0.3, -0.25) is 9.59 Å². The van der Waals surface area contributed by atoms with E-state index in [1.165, 1.54) is 199 Å². The van der Waals surface area contributed by atoms with Crippen LogP contribution < -0.4 is 5.11 Å². The molecule has 0 N–H and O–H groups in total. The predicted molar refractivity (Wildman–Crippen MR) is 416 cm³/mol. The molecule has 0 aromatic carbocycles. The molecule has 0 bridgehead atoms. The second-order valence-electron chi connectivity index (χ2n) is 28.0. The molecule has 0 aromatic rings. The van der Waals surface area contributed by atoms with Crippen LogP contribution in [0.25, 0.3) is 0 Å². The molecule has 0 saturated carbocycles. The van der Waals surface area contributed by atoms with E-state index < -0.39 is 24.3 Å². The van der Waals surface area contributed by atoms with E-state index in [0.717, 1.165) is 116 Å². The fourth-order valence-electron chi connectivity index (χ4n) is 11.3. The van der Waals surface area contributed by atoms with Crippen LogP contribution in [0.1, 0.15) is 348 Å². The number of hydrogen-bond donors (Lipinski definition) is 0. The third-order valence-corrected chi connectivity index (χ3v) is 17.4. The van der Waals surface area contributed by atoms with Gasteiger partial charge in [-0.1, -0.05) is 372 Å². The highest BCUT2D eigenvalue weighted by atomic mass is 16.7. The van der Waals surface area contributed by atoms with Gasteiger partial charge in [-0.05, 0) is 96.3 Å². The number of rotatable bonds is 74. The van der Waals surface area contributed by atoms with E-state index in [0.29, 0.717) is 17.4 Å². The summed E-state index contributed by atoms with van der Waals surface area (Å²) in [6.45, 7) is 4.66. The second-order valence-corrected chi connectivity index (χ2v) is 28.0. The SMILES string of the molecule is CC/C=C\C/C=C\C/C=C\C/C=C\C/C=C\C/C=C\C/C=C\C/C=C\C/C=C\C/C=C\C/C=C\CCCCCCCCCC(=O)OC(COC(=O)CCCCCCCCCCCCCCCCCCCCCCCCCCCCCCCCC)COC(OCC[N+](C)(C)C)C(=O)[O-]. The van der Waals surface area contributed by atoms with Crippen molar-refractivity contribution >= 4 is 17.9 Å². The fourth-order valence-corrected chi connectivity index (χ4v) is 11.3. The summed E-state index contributed by atoms with van der Waals surface area (Å²) in [4.78, 5) is 37.6. The molecule has 0 rings (SSSR count). The number of allylic oxidation sites excluding steroid dienone is 22. The number of esters is 2. The maximum atomic E-state index is 13.0. The van der Waals surface area contributed by atoms with Gasteiger partial charge in [-0.15, -0.1) is 0 Å². The monoisotopic (exact) mass is 1350 g/mol. The molecule has 0 heterocycles. The fraction of sp³-hybridized carbons (Fsp3) is 0.716. The summed E-state index contributed by atoms with van der Waals surface area (Å²) in [5.74, 6) is -2.29. The highest BCUT2D eigenvalue weighted by Gasteiger charge is 2.22. The summed E-state index contributed by atoms with van der Waals surface area (Å²) < 4.78 is 22.8. The molecule has 0 spiro atoms. The molecule has 9 nitrogen and oxygen atoms in total. The zero-order valence-corrected chi connectivity index (χ0v) is 63.7. The van der Waals surface area contributed by atoms with Crippen molar-refractivity contribution in [3.8, 4) is 0 Å². The van der Waals surface area contributed by atoms with Gasteiger partial charge >= 0.3 is 11.9 Å². The van der Waals surface area contributed by atoms with Crippen molar-refractivity contribution in [2.24, 2.45) is 0 Å². The van der Waals surface area contributed by atoms with Crippen LogP contribution in [-0.4, -0.2) is 82.3 Å². The number of nitrogens with zero attached hydrogens (tertiary/aromatic N) is 1. The molecule has 2 atom stereocenters. The van der Waals surface area contributed by atoms with E-state index in [2.05, 4.69) is 148 Å². The summed E-state index contributed by atoms with van der Waals surface area (Å²) in [5.41, 5.74) is 0. The topological polar surface area (TPSA) is 111 Å². The molecule has 0 fully saturated rings. The first-order chi connectivity index (χ1) is 47.6. The van der Waals surface area contributed by atoms with Crippen LogP contribution in [-0.2, 0) is 33.3 Å². The molecule has 0 aliphatic rings. The van der Waals surface area contributed by atoms with Gasteiger partial charge in [-0.25, -0.2) is 0 Å². The molecule has 0 aliphatic carbocycles. The van der Waals surface area contributed by atoms with Crippen molar-refractivity contribution in [2.75, 3.05) is 47.5 Å². The Kier molecular flexibility index (Phi) is 73.5. The Morgan fingerprint density at radius 1 is 0.320 bits per heavy atom. The van der Waals surface area contributed by atoms with Crippen LogP contribution in [0.4, 0.5) is 0 Å². The molecule has 97 heavy (non-hydrogen) atoms. The van der Waals surface area contributed by atoms with Crippen molar-refractivity contribution in [3.63, 3.8) is 0 Å². The summed E-state index contributed by atoms with van der Waals surface area (Å²) in [5, 5.41) is 11.9. The number of likely N-dealkylation sites (N-methyl/N-ethyl adjacent to an activating group) is 1. The van der Waals surface area contributed by atoms with Crippen molar-refractivity contribution in [3.05, 3.63) is 134 Å². The first-order valence-corrected chi connectivity index (χ1v) is 40.3. The first kappa shape index (κ1) is 92.4. The zero-order valence-electron chi connectivity index (χ0n) is 63.7. The molecule has 0 aliphatic heterocycles. The largest absolute Gasteiger partial charge is 0.545 e. The lowest BCUT2D eigenvalue weighted by Gasteiger charge is -2.26. The molecule has 0 aromatic heterocycles. The van der Waals surface area contributed by atoms with Gasteiger partial charge in [0, 0.05) is 12.8 Å². The lowest BCUT2D eigenvalue weighted by atomic mass is 10.0. The number of ether oxygens (including phenoxy) is 4. The molecule has 0 amide bonds. The van der Waals surface area contributed by atoms with E-state index in [-0.39, 0.29) is 38.6 Å². The quantitative estimate of drug-likeness (QED) is 0.0195. The predicted octanol–water partition coefficient (Wildman–Crippen LogP) is 24.7. The number of carbonyl (C=O) groups excluding carboxylic acids is 3. The smallest absolute Gasteiger partial charge is 0.306 e. The van der Waals surface area contributed by atoms with Gasteiger partial charge in [0.05, 0.1) is 40.3 Å². The molecule has 2 unspecified atom stereocenters. The number of carboxylic acid groups (broad SMARTS) is 1. The van der Waals surface area contributed by atoms with Crippen molar-refractivity contribution in [1.29, 1.82) is 0 Å².